The molecule has 0 radical (unpaired) electrons. The molecule has 0 spiro atoms. The summed E-state index contributed by atoms with van der Waals surface area (Å²) in [6.07, 6.45) is 1.53. The molecule has 2 N–H and O–H groups in total. The Morgan fingerprint density at radius 3 is 2.58 bits per heavy atom. The molecule has 1 aromatic carbocycles. The van der Waals surface area contributed by atoms with E-state index in [0.717, 1.165) is 25.2 Å². The Hall–Kier alpha value is -1.88. The van der Waals surface area contributed by atoms with Crippen molar-refractivity contribution < 1.29 is 9.59 Å². The maximum atomic E-state index is 11.7. The molecule has 1 aromatic rings. The molecule has 2 fully saturated rings. The number of carbonyl (C=O) groups excluding carboxylic acids is 2. The van der Waals surface area contributed by atoms with Crippen molar-refractivity contribution in [3.8, 4) is 0 Å². The molecule has 5 heteroatoms. The summed E-state index contributed by atoms with van der Waals surface area (Å²) in [4.78, 5) is 24.5. The molecule has 2 heterocycles. The second-order valence-corrected chi connectivity index (χ2v) is 5.04. The van der Waals surface area contributed by atoms with Gasteiger partial charge in [0.1, 0.15) is 0 Å². The van der Waals surface area contributed by atoms with E-state index in [1.165, 1.54) is 5.56 Å². The molecule has 0 aromatic heterocycles. The van der Waals surface area contributed by atoms with Gasteiger partial charge in [0.05, 0.1) is 0 Å². The van der Waals surface area contributed by atoms with Gasteiger partial charge in [0, 0.05) is 25.2 Å². The highest BCUT2D eigenvalue weighted by Gasteiger charge is 2.24. The van der Waals surface area contributed by atoms with E-state index in [4.69, 9.17) is 0 Å². The molecule has 0 saturated carbocycles. The minimum absolute atomic E-state index is 0.199. The number of nitrogens with zero attached hydrogens (tertiary/aromatic N) is 1. The van der Waals surface area contributed by atoms with Crippen LogP contribution in [0.3, 0.4) is 0 Å². The first-order valence-corrected chi connectivity index (χ1v) is 6.66. The van der Waals surface area contributed by atoms with E-state index in [2.05, 4.69) is 22.8 Å². The first-order valence-electron chi connectivity index (χ1n) is 6.66. The molecule has 2 aliphatic rings. The third-order valence-corrected chi connectivity index (χ3v) is 3.79. The summed E-state index contributed by atoms with van der Waals surface area (Å²) >= 11 is 0. The zero-order chi connectivity index (χ0) is 13.2. The molecular weight excluding hydrogens is 242 g/mol. The Labute approximate surface area is 112 Å². The minimum Gasteiger partial charge on any atom is -0.316 e. The Bertz CT molecular complexity index is 492. The topological polar surface area (TPSA) is 61.4 Å². The van der Waals surface area contributed by atoms with Gasteiger partial charge in [-0.05, 0) is 36.6 Å². The van der Waals surface area contributed by atoms with Crippen LogP contribution in [0.2, 0.25) is 0 Å². The first kappa shape index (κ1) is 12.2. The molecule has 100 valence electrons. The predicted octanol–water partition coefficient (Wildman–Crippen LogP) is 1.21. The van der Waals surface area contributed by atoms with Gasteiger partial charge in [0.25, 0.3) is 0 Å². The standard InChI is InChI=1S/C14H17N3O2/c18-13-6-8-17(14(19)16-13)12-3-1-10(2-4-12)11-5-7-15-9-11/h1-4,11,15H,5-9H2,(H,16,18,19). The molecular formula is C14H17N3O2. The predicted molar refractivity (Wildman–Crippen MR) is 72.2 cm³/mol. The molecule has 1 unspecified atom stereocenters. The maximum Gasteiger partial charge on any atom is 0.328 e. The molecule has 3 amide bonds. The lowest BCUT2D eigenvalue weighted by Gasteiger charge is -2.26. The highest BCUT2D eigenvalue weighted by molar-refractivity contribution is 6.05. The Kier molecular flexibility index (Phi) is 3.21. The fourth-order valence-corrected chi connectivity index (χ4v) is 2.68. The number of imide groups is 1. The zero-order valence-corrected chi connectivity index (χ0v) is 10.7. The summed E-state index contributed by atoms with van der Waals surface area (Å²) in [6, 6.07) is 7.76. The van der Waals surface area contributed by atoms with Crippen LogP contribution in [0.15, 0.2) is 24.3 Å². The number of nitrogens with one attached hydrogen (secondary N) is 2. The van der Waals surface area contributed by atoms with Crippen LogP contribution in [0.1, 0.15) is 24.3 Å². The third-order valence-electron chi connectivity index (χ3n) is 3.79. The van der Waals surface area contributed by atoms with Gasteiger partial charge < -0.3 is 5.32 Å². The minimum atomic E-state index is -0.327. The fraction of sp³-hybridized carbons (Fsp3) is 0.429. The molecule has 0 aliphatic carbocycles. The SMILES string of the molecule is O=C1CCN(c2ccc(C3CCNC3)cc2)C(=O)N1. The van der Waals surface area contributed by atoms with E-state index >= 15 is 0 Å². The fourth-order valence-electron chi connectivity index (χ4n) is 2.68. The lowest BCUT2D eigenvalue weighted by Crippen LogP contribution is -2.49. The maximum absolute atomic E-state index is 11.7. The van der Waals surface area contributed by atoms with Crippen LogP contribution in [0.25, 0.3) is 0 Å². The van der Waals surface area contributed by atoms with Crippen molar-refractivity contribution in [2.45, 2.75) is 18.8 Å². The summed E-state index contributed by atoms with van der Waals surface area (Å²) in [6.45, 7) is 2.55. The average molecular weight is 259 g/mol. The number of hydrogen-bond donors (Lipinski definition) is 2. The molecule has 2 aliphatic heterocycles. The van der Waals surface area contributed by atoms with Crippen LogP contribution in [-0.2, 0) is 4.79 Å². The number of urea groups is 1. The second-order valence-electron chi connectivity index (χ2n) is 5.04. The lowest BCUT2D eigenvalue weighted by molar-refractivity contribution is -0.120. The van der Waals surface area contributed by atoms with E-state index in [0.29, 0.717) is 18.9 Å². The normalized spacial score (nSPS) is 23.6. The van der Waals surface area contributed by atoms with Crippen molar-refractivity contribution in [3.63, 3.8) is 0 Å². The number of carbonyl (C=O) groups is 2. The van der Waals surface area contributed by atoms with Gasteiger partial charge in [-0.2, -0.15) is 0 Å². The van der Waals surface area contributed by atoms with Crippen molar-refractivity contribution in [2.75, 3.05) is 24.5 Å². The zero-order valence-electron chi connectivity index (χ0n) is 10.7. The summed E-state index contributed by atoms with van der Waals surface area (Å²) in [7, 11) is 0. The van der Waals surface area contributed by atoms with E-state index in [9.17, 15) is 9.59 Å². The molecule has 0 bridgehead atoms. The average Bonchev–Trinajstić information content (AvgIpc) is 2.93. The molecule has 2 saturated heterocycles. The molecule has 19 heavy (non-hydrogen) atoms. The van der Waals surface area contributed by atoms with Crippen molar-refractivity contribution in [2.24, 2.45) is 0 Å². The summed E-state index contributed by atoms with van der Waals surface area (Å²) < 4.78 is 0. The molecule has 3 rings (SSSR count). The largest absolute Gasteiger partial charge is 0.328 e. The van der Waals surface area contributed by atoms with E-state index < -0.39 is 0 Å². The van der Waals surface area contributed by atoms with Crippen molar-refractivity contribution in [1.29, 1.82) is 0 Å². The van der Waals surface area contributed by atoms with E-state index in [-0.39, 0.29) is 11.9 Å². The Morgan fingerprint density at radius 2 is 1.95 bits per heavy atom. The van der Waals surface area contributed by atoms with Crippen LogP contribution in [0, 0.1) is 0 Å². The number of benzene rings is 1. The van der Waals surface area contributed by atoms with Gasteiger partial charge in [-0.15, -0.1) is 0 Å². The number of hydrogen-bond acceptors (Lipinski definition) is 3. The van der Waals surface area contributed by atoms with Gasteiger partial charge in [-0.25, -0.2) is 4.79 Å². The molecule has 5 nitrogen and oxygen atoms in total. The summed E-state index contributed by atoms with van der Waals surface area (Å²) in [5.41, 5.74) is 2.15. The highest BCUT2D eigenvalue weighted by atomic mass is 16.2. The van der Waals surface area contributed by atoms with Crippen molar-refractivity contribution in [1.82, 2.24) is 10.6 Å². The van der Waals surface area contributed by atoms with Crippen LogP contribution >= 0.6 is 0 Å². The number of rotatable bonds is 2. The van der Waals surface area contributed by atoms with Gasteiger partial charge in [0.2, 0.25) is 5.91 Å². The van der Waals surface area contributed by atoms with Gasteiger partial charge in [-0.3, -0.25) is 15.0 Å². The van der Waals surface area contributed by atoms with Crippen LogP contribution < -0.4 is 15.5 Å². The summed E-state index contributed by atoms with van der Waals surface area (Å²) in [5.74, 6) is 0.376. The van der Waals surface area contributed by atoms with Crippen molar-refractivity contribution in [3.05, 3.63) is 29.8 Å². The second kappa shape index (κ2) is 5.01. The smallest absolute Gasteiger partial charge is 0.316 e. The molecule has 1 atom stereocenters. The van der Waals surface area contributed by atoms with Gasteiger partial charge in [0.15, 0.2) is 0 Å². The van der Waals surface area contributed by atoms with Crippen LogP contribution in [0.5, 0.6) is 0 Å². The lowest BCUT2D eigenvalue weighted by atomic mass is 9.98. The van der Waals surface area contributed by atoms with Gasteiger partial charge >= 0.3 is 6.03 Å². The van der Waals surface area contributed by atoms with E-state index in [1.807, 2.05) is 12.1 Å². The Morgan fingerprint density at radius 1 is 1.16 bits per heavy atom. The monoisotopic (exact) mass is 259 g/mol. The van der Waals surface area contributed by atoms with Gasteiger partial charge in [-0.1, -0.05) is 12.1 Å². The highest BCUT2D eigenvalue weighted by Crippen LogP contribution is 2.25. The first-order chi connectivity index (χ1) is 9.24. The summed E-state index contributed by atoms with van der Waals surface area (Å²) in [5, 5.41) is 5.68. The quantitative estimate of drug-likeness (QED) is 0.839. The number of amides is 3. The Balaban J connectivity index is 1.75. The van der Waals surface area contributed by atoms with E-state index in [1.54, 1.807) is 4.90 Å². The number of anilines is 1. The van der Waals surface area contributed by atoms with Crippen molar-refractivity contribution >= 4 is 17.6 Å². The van der Waals surface area contributed by atoms with Crippen LogP contribution in [-0.4, -0.2) is 31.6 Å². The third kappa shape index (κ3) is 2.46. The van der Waals surface area contributed by atoms with Crippen LogP contribution in [0.4, 0.5) is 10.5 Å².